The Labute approximate surface area is 120 Å². The van der Waals surface area contributed by atoms with Crippen molar-refractivity contribution in [2.45, 2.75) is 52.1 Å². The van der Waals surface area contributed by atoms with Gasteiger partial charge in [-0.1, -0.05) is 6.08 Å². The number of ether oxygens (including phenoxy) is 1. The number of hydrogen-bond donors (Lipinski definition) is 2. The molecule has 0 aromatic rings. The molecule has 0 unspecified atom stereocenters. The standard InChI is InChI=1S/C14H24BNO4/c1-13(2,3)20-12(17)16-9-7-14(8-10-16)6-4-5-11(14)15(18)19/h5,18-19H,4,6-10H2,1-3H3. The Bertz CT molecular complexity index is 406. The van der Waals surface area contributed by atoms with Gasteiger partial charge in [0.05, 0.1) is 0 Å². The maximum absolute atomic E-state index is 12.0. The molecular formula is C14H24BNO4. The van der Waals surface area contributed by atoms with Crippen LogP contribution in [0.4, 0.5) is 4.79 Å². The van der Waals surface area contributed by atoms with Crippen molar-refractivity contribution in [3.8, 4) is 0 Å². The fourth-order valence-electron chi connectivity index (χ4n) is 3.23. The van der Waals surface area contributed by atoms with Crippen LogP contribution in [0.3, 0.4) is 0 Å². The molecule has 2 aliphatic rings. The minimum atomic E-state index is -1.37. The Balaban J connectivity index is 1.96. The normalized spacial score (nSPS) is 21.9. The van der Waals surface area contributed by atoms with Crippen LogP contribution in [0, 0.1) is 5.41 Å². The van der Waals surface area contributed by atoms with Crippen LogP contribution in [-0.2, 0) is 4.74 Å². The van der Waals surface area contributed by atoms with Crippen LogP contribution in [0.25, 0.3) is 0 Å². The number of carbonyl (C=O) groups is 1. The number of allylic oxidation sites excluding steroid dienone is 2. The lowest BCUT2D eigenvalue weighted by atomic mass is 9.60. The van der Waals surface area contributed by atoms with E-state index in [2.05, 4.69) is 0 Å². The highest BCUT2D eigenvalue weighted by molar-refractivity contribution is 6.51. The number of nitrogens with zero attached hydrogens (tertiary/aromatic N) is 1. The summed E-state index contributed by atoms with van der Waals surface area (Å²) in [5.74, 6) is 0. The summed E-state index contributed by atoms with van der Waals surface area (Å²) < 4.78 is 5.38. The topological polar surface area (TPSA) is 70.0 Å². The SMILES string of the molecule is CC(C)(C)OC(=O)N1CCC2(CCC=C2B(O)O)CC1. The Morgan fingerprint density at radius 3 is 2.40 bits per heavy atom. The second-order valence-corrected chi connectivity index (χ2v) is 6.82. The summed E-state index contributed by atoms with van der Waals surface area (Å²) in [5.41, 5.74) is 0.125. The number of hydrogen-bond acceptors (Lipinski definition) is 4. The van der Waals surface area contributed by atoms with Crippen molar-refractivity contribution in [1.82, 2.24) is 4.90 Å². The first-order valence-electron chi connectivity index (χ1n) is 7.28. The van der Waals surface area contributed by atoms with Gasteiger partial charge in [-0.05, 0) is 57.3 Å². The number of carbonyl (C=O) groups excluding carboxylic acids is 1. The predicted octanol–water partition coefficient (Wildman–Crippen LogP) is 1.74. The van der Waals surface area contributed by atoms with Crippen LogP contribution in [0.2, 0.25) is 0 Å². The van der Waals surface area contributed by atoms with Crippen LogP contribution in [0.15, 0.2) is 11.5 Å². The molecule has 1 amide bonds. The zero-order valence-electron chi connectivity index (χ0n) is 12.6. The molecule has 0 radical (unpaired) electrons. The Morgan fingerprint density at radius 2 is 1.90 bits per heavy atom. The van der Waals surface area contributed by atoms with Crippen molar-refractivity contribution < 1.29 is 19.6 Å². The first-order chi connectivity index (χ1) is 9.23. The van der Waals surface area contributed by atoms with E-state index in [4.69, 9.17) is 4.74 Å². The monoisotopic (exact) mass is 281 g/mol. The van der Waals surface area contributed by atoms with E-state index < -0.39 is 12.7 Å². The van der Waals surface area contributed by atoms with Gasteiger partial charge in [0.1, 0.15) is 5.60 Å². The Morgan fingerprint density at radius 1 is 1.30 bits per heavy atom. The molecule has 0 bridgehead atoms. The molecule has 1 spiro atoms. The van der Waals surface area contributed by atoms with Crippen LogP contribution in [0.5, 0.6) is 0 Å². The molecule has 1 aliphatic carbocycles. The van der Waals surface area contributed by atoms with E-state index in [0.717, 1.165) is 31.2 Å². The van der Waals surface area contributed by atoms with E-state index in [-0.39, 0.29) is 11.5 Å². The van der Waals surface area contributed by atoms with Crippen molar-refractivity contribution in [2.75, 3.05) is 13.1 Å². The lowest BCUT2D eigenvalue weighted by Gasteiger charge is -2.41. The molecule has 0 aromatic carbocycles. The highest BCUT2D eigenvalue weighted by Crippen LogP contribution is 2.47. The van der Waals surface area contributed by atoms with Gasteiger partial charge < -0.3 is 19.7 Å². The molecular weight excluding hydrogens is 257 g/mol. The molecule has 112 valence electrons. The lowest BCUT2D eigenvalue weighted by Crippen LogP contribution is -2.46. The van der Waals surface area contributed by atoms with Crippen molar-refractivity contribution >= 4 is 13.2 Å². The van der Waals surface area contributed by atoms with Crippen LogP contribution in [0.1, 0.15) is 46.5 Å². The molecule has 5 nitrogen and oxygen atoms in total. The third-order valence-electron chi connectivity index (χ3n) is 4.25. The van der Waals surface area contributed by atoms with Crippen LogP contribution < -0.4 is 0 Å². The second kappa shape index (κ2) is 5.41. The summed E-state index contributed by atoms with van der Waals surface area (Å²) in [6.45, 7) is 6.79. The molecule has 6 heteroatoms. The average Bonchev–Trinajstić information content (AvgIpc) is 2.71. The Hall–Kier alpha value is -1.01. The Kier molecular flexibility index (Phi) is 4.16. The summed E-state index contributed by atoms with van der Waals surface area (Å²) in [6.07, 6.45) is 5.04. The summed E-state index contributed by atoms with van der Waals surface area (Å²) in [5, 5.41) is 19.0. The van der Waals surface area contributed by atoms with Gasteiger partial charge >= 0.3 is 13.2 Å². The fourth-order valence-corrected chi connectivity index (χ4v) is 3.23. The number of amides is 1. The summed E-state index contributed by atoms with van der Waals surface area (Å²) in [4.78, 5) is 13.7. The van der Waals surface area contributed by atoms with E-state index in [1.165, 1.54) is 0 Å². The van der Waals surface area contributed by atoms with Crippen molar-refractivity contribution in [3.05, 3.63) is 11.5 Å². The molecule has 0 atom stereocenters. The van der Waals surface area contributed by atoms with Gasteiger partial charge in [0.15, 0.2) is 0 Å². The van der Waals surface area contributed by atoms with Gasteiger partial charge in [-0.3, -0.25) is 0 Å². The molecule has 0 saturated carbocycles. The smallest absolute Gasteiger partial charge is 0.444 e. The predicted molar refractivity (Wildman–Crippen MR) is 77.0 cm³/mol. The molecule has 0 aromatic heterocycles. The van der Waals surface area contributed by atoms with E-state index in [1.807, 2.05) is 26.8 Å². The molecule has 2 rings (SSSR count). The van der Waals surface area contributed by atoms with Gasteiger partial charge in [0, 0.05) is 13.1 Å². The molecule has 1 fully saturated rings. The van der Waals surface area contributed by atoms with E-state index in [0.29, 0.717) is 13.1 Å². The van der Waals surface area contributed by atoms with Crippen molar-refractivity contribution in [3.63, 3.8) is 0 Å². The van der Waals surface area contributed by atoms with Gasteiger partial charge in [-0.15, -0.1) is 0 Å². The maximum Gasteiger partial charge on any atom is 0.484 e. The zero-order chi connectivity index (χ0) is 15.0. The second-order valence-electron chi connectivity index (χ2n) is 6.82. The number of likely N-dealkylation sites (tertiary alicyclic amines) is 1. The van der Waals surface area contributed by atoms with Gasteiger partial charge in [-0.2, -0.15) is 0 Å². The molecule has 2 N–H and O–H groups in total. The third-order valence-corrected chi connectivity index (χ3v) is 4.25. The fraction of sp³-hybridized carbons (Fsp3) is 0.786. The van der Waals surface area contributed by atoms with Gasteiger partial charge in [0.2, 0.25) is 0 Å². The van der Waals surface area contributed by atoms with E-state index >= 15 is 0 Å². The largest absolute Gasteiger partial charge is 0.484 e. The molecule has 20 heavy (non-hydrogen) atoms. The average molecular weight is 281 g/mol. The summed E-state index contributed by atoms with van der Waals surface area (Å²) >= 11 is 0. The number of piperidine rings is 1. The zero-order valence-corrected chi connectivity index (χ0v) is 12.6. The minimum Gasteiger partial charge on any atom is -0.444 e. The molecule has 1 aliphatic heterocycles. The molecule has 1 heterocycles. The number of rotatable bonds is 1. The molecule has 1 saturated heterocycles. The van der Waals surface area contributed by atoms with Gasteiger partial charge in [0.25, 0.3) is 0 Å². The third kappa shape index (κ3) is 3.18. The highest BCUT2D eigenvalue weighted by atomic mass is 16.6. The first kappa shape index (κ1) is 15.4. The minimum absolute atomic E-state index is 0.132. The van der Waals surface area contributed by atoms with Crippen LogP contribution >= 0.6 is 0 Å². The van der Waals surface area contributed by atoms with Gasteiger partial charge in [-0.25, -0.2) is 4.79 Å². The van der Waals surface area contributed by atoms with E-state index in [9.17, 15) is 14.8 Å². The lowest BCUT2D eigenvalue weighted by molar-refractivity contribution is 0.0138. The maximum atomic E-state index is 12.0. The van der Waals surface area contributed by atoms with Crippen LogP contribution in [-0.4, -0.2) is 46.9 Å². The summed E-state index contributed by atoms with van der Waals surface area (Å²) in [6, 6.07) is 0. The summed E-state index contributed by atoms with van der Waals surface area (Å²) in [7, 11) is -1.37. The van der Waals surface area contributed by atoms with Crippen molar-refractivity contribution in [1.29, 1.82) is 0 Å². The highest BCUT2D eigenvalue weighted by Gasteiger charge is 2.45. The van der Waals surface area contributed by atoms with Crippen molar-refractivity contribution in [2.24, 2.45) is 5.41 Å². The quantitative estimate of drug-likeness (QED) is 0.718. The first-order valence-corrected chi connectivity index (χ1v) is 7.28. The van der Waals surface area contributed by atoms with E-state index in [1.54, 1.807) is 4.90 Å².